The molecule has 0 aliphatic carbocycles. The normalized spacial score (nSPS) is 24.0. The molecule has 0 N–H and O–H groups in total. The third-order valence-electron chi connectivity index (χ3n) is 4.44. The van der Waals surface area contributed by atoms with Crippen LogP contribution in [0.25, 0.3) is 0 Å². The van der Waals surface area contributed by atoms with Crippen molar-refractivity contribution in [2.24, 2.45) is 0 Å². The van der Waals surface area contributed by atoms with Crippen molar-refractivity contribution < 1.29 is 13.2 Å². The topological polar surface area (TPSA) is 6.48 Å². The van der Waals surface area contributed by atoms with E-state index in [1.54, 1.807) is 12.1 Å². The number of alkyl halides is 3. The molecule has 2 fully saturated rings. The van der Waals surface area contributed by atoms with E-state index in [4.69, 9.17) is 0 Å². The number of hydrogen-bond acceptors (Lipinski definition) is 2. The van der Waals surface area contributed by atoms with Crippen LogP contribution >= 0.6 is 15.9 Å². The summed E-state index contributed by atoms with van der Waals surface area (Å²) in [6.07, 6.45) is -0.832. The zero-order valence-corrected chi connectivity index (χ0v) is 13.3. The van der Waals surface area contributed by atoms with Gasteiger partial charge in [-0.05, 0) is 37.6 Å². The minimum Gasteiger partial charge on any atom is -0.368 e. The molecule has 3 rings (SSSR count). The number of rotatable bonds is 1. The van der Waals surface area contributed by atoms with Crippen LogP contribution in [0, 0.1) is 0 Å². The second kappa shape index (κ2) is 5.80. The standard InChI is InChI=1S/C15H18BrF3N2/c16-11-4-5-14(13(9-11)15(17,18)19)21-8-7-20-6-2-1-3-12(20)10-21/h4-5,9,12H,1-3,6-8,10H2. The molecule has 0 radical (unpaired) electrons. The smallest absolute Gasteiger partial charge is 0.368 e. The predicted octanol–water partition coefficient (Wildman–Crippen LogP) is 4.14. The van der Waals surface area contributed by atoms with Crippen molar-refractivity contribution in [3.63, 3.8) is 0 Å². The zero-order chi connectivity index (χ0) is 15.0. The fourth-order valence-corrected chi connectivity index (χ4v) is 3.75. The Morgan fingerprint density at radius 3 is 2.67 bits per heavy atom. The van der Waals surface area contributed by atoms with Crippen LogP contribution in [-0.2, 0) is 6.18 Å². The van der Waals surface area contributed by atoms with E-state index in [-0.39, 0.29) is 0 Å². The quantitative estimate of drug-likeness (QED) is 0.740. The van der Waals surface area contributed by atoms with Gasteiger partial charge in [-0.25, -0.2) is 0 Å². The summed E-state index contributed by atoms with van der Waals surface area (Å²) in [6, 6.07) is 4.86. The molecule has 0 spiro atoms. The lowest BCUT2D eigenvalue weighted by Gasteiger charge is -2.45. The minimum absolute atomic E-state index is 0.316. The Balaban J connectivity index is 1.87. The molecule has 1 atom stereocenters. The van der Waals surface area contributed by atoms with Crippen LogP contribution in [0.3, 0.4) is 0 Å². The van der Waals surface area contributed by atoms with Gasteiger partial charge < -0.3 is 4.90 Å². The van der Waals surface area contributed by atoms with E-state index in [1.165, 1.54) is 18.9 Å². The third kappa shape index (κ3) is 3.21. The molecule has 21 heavy (non-hydrogen) atoms. The van der Waals surface area contributed by atoms with Crippen molar-refractivity contribution in [1.29, 1.82) is 0 Å². The van der Waals surface area contributed by atoms with Crippen LogP contribution in [-0.4, -0.2) is 37.1 Å². The van der Waals surface area contributed by atoms with E-state index in [0.29, 0.717) is 29.3 Å². The summed E-state index contributed by atoms with van der Waals surface area (Å²) in [4.78, 5) is 4.33. The highest BCUT2D eigenvalue weighted by atomic mass is 79.9. The number of benzene rings is 1. The average Bonchev–Trinajstić information content (AvgIpc) is 2.46. The van der Waals surface area contributed by atoms with Gasteiger partial charge in [0.2, 0.25) is 0 Å². The van der Waals surface area contributed by atoms with Crippen molar-refractivity contribution in [2.75, 3.05) is 31.1 Å². The summed E-state index contributed by atoms with van der Waals surface area (Å²) in [5.41, 5.74) is -0.225. The Morgan fingerprint density at radius 1 is 1.10 bits per heavy atom. The number of halogens is 4. The van der Waals surface area contributed by atoms with Gasteiger partial charge in [0, 0.05) is 35.8 Å². The lowest BCUT2D eigenvalue weighted by Crippen LogP contribution is -2.55. The number of hydrogen-bond donors (Lipinski definition) is 0. The largest absolute Gasteiger partial charge is 0.418 e. The molecule has 0 amide bonds. The summed E-state index contributed by atoms with van der Waals surface area (Å²) in [5, 5.41) is 0. The molecule has 1 unspecified atom stereocenters. The number of anilines is 1. The van der Waals surface area contributed by atoms with Crippen molar-refractivity contribution in [3.05, 3.63) is 28.2 Å². The summed E-state index contributed by atoms with van der Waals surface area (Å²) in [7, 11) is 0. The van der Waals surface area contributed by atoms with Crippen molar-refractivity contribution in [2.45, 2.75) is 31.5 Å². The van der Waals surface area contributed by atoms with E-state index in [0.717, 1.165) is 19.5 Å². The maximum atomic E-state index is 13.3. The molecule has 2 nitrogen and oxygen atoms in total. The number of piperidine rings is 1. The summed E-state index contributed by atoms with van der Waals surface area (Å²) in [5.74, 6) is 0. The molecular formula is C15H18BrF3N2. The fraction of sp³-hybridized carbons (Fsp3) is 0.600. The molecule has 6 heteroatoms. The van der Waals surface area contributed by atoms with Gasteiger partial charge >= 0.3 is 6.18 Å². The summed E-state index contributed by atoms with van der Waals surface area (Å²) in [6.45, 7) is 3.31. The molecule has 2 aliphatic heterocycles. The molecule has 116 valence electrons. The lowest BCUT2D eigenvalue weighted by molar-refractivity contribution is -0.137. The first-order valence-electron chi connectivity index (χ1n) is 7.31. The molecule has 0 saturated carbocycles. The molecule has 0 aromatic heterocycles. The molecular weight excluding hydrogens is 345 g/mol. The Bertz CT molecular complexity index is 518. The van der Waals surface area contributed by atoms with Crippen LogP contribution in [0.5, 0.6) is 0 Å². The van der Waals surface area contributed by atoms with Crippen LogP contribution in [0.4, 0.5) is 18.9 Å². The fourth-order valence-electron chi connectivity index (χ4n) is 3.39. The second-order valence-electron chi connectivity index (χ2n) is 5.79. The monoisotopic (exact) mass is 362 g/mol. The third-order valence-corrected chi connectivity index (χ3v) is 4.94. The van der Waals surface area contributed by atoms with Gasteiger partial charge in [0.15, 0.2) is 0 Å². The molecule has 2 saturated heterocycles. The second-order valence-corrected chi connectivity index (χ2v) is 6.71. The predicted molar refractivity (Wildman–Crippen MR) is 80.6 cm³/mol. The minimum atomic E-state index is -4.32. The van der Waals surface area contributed by atoms with Crippen LogP contribution in [0.1, 0.15) is 24.8 Å². The lowest BCUT2D eigenvalue weighted by atomic mass is 9.98. The number of piperazine rings is 1. The van der Waals surface area contributed by atoms with Gasteiger partial charge in [0.05, 0.1) is 5.56 Å². The Hall–Kier alpha value is -0.750. The molecule has 1 aromatic carbocycles. The van der Waals surface area contributed by atoms with E-state index < -0.39 is 11.7 Å². The highest BCUT2D eigenvalue weighted by Crippen LogP contribution is 2.39. The summed E-state index contributed by atoms with van der Waals surface area (Å²) >= 11 is 3.14. The zero-order valence-electron chi connectivity index (χ0n) is 11.7. The van der Waals surface area contributed by atoms with Crippen molar-refractivity contribution in [3.8, 4) is 0 Å². The molecule has 1 aromatic rings. The van der Waals surface area contributed by atoms with Gasteiger partial charge in [0.1, 0.15) is 0 Å². The highest BCUT2D eigenvalue weighted by Gasteiger charge is 2.37. The van der Waals surface area contributed by atoms with Gasteiger partial charge in [-0.2, -0.15) is 13.2 Å². The maximum absolute atomic E-state index is 13.3. The maximum Gasteiger partial charge on any atom is 0.418 e. The van der Waals surface area contributed by atoms with E-state index in [1.807, 2.05) is 4.90 Å². The van der Waals surface area contributed by atoms with Crippen molar-refractivity contribution in [1.82, 2.24) is 4.90 Å². The van der Waals surface area contributed by atoms with E-state index >= 15 is 0 Å². The number of fused-ring (bicyclic) bond motifs is 1. The van der Waals surface area contributed by atoms with Gasteiger partial charge in [-0.15, -0.1) is 0 Å². The van der Waals surface area contributed by atoms with Crippen LogP contribution < -0.4 is 4.90 Å². The van der Waals surface area contributed by atoms with Gasteiger partial charge in [-0.3, -0.25) is 4.90 Å². The van der Waals surface area contributed by atoms with Gasteiger partial charge in [-0.1, -0.05) is 22.4 Å². The average molecular weight is 363 g/mol. The van der Waals surface area contributed by atoms with Gasteiger partial charge in [0.25, 0.3) is 0 Å². The highest BCUT2D eigenvalue weighted by molar-refractivity contribution is 9.10. The SMILES string of the molecule is FC(F)(F)c1cc(Br)ccc1N1CCN2CCCCC2C1. The Morgan fingerprint density at radius 2 is 1.90 bits per heavy atom. The van der Waals surface area contributed by atoms with Crippen molar-refractivity contribution >= 4 is 21.6 Å². The van der Waals surface area contributed by atoms with E-state index in [2.05, 4.69) is 20.8 Å². The first kappa shape index (κ1) is 15.2. The van der Waals surface area contributed by atoms with E-state index in [9.17, 15) is 13.2 Å². The first-order chi connectivity index (χ1) is 9.95. The molecule has 2 heterocycles. The van der Waals surface area contributed by atoms with Crippen LogP contribution in [0.15, 0.2) is 22.7 Å². The van der Waals surface area contributed by atoms with Crippen LogP contribution in [0.2, 0.25) is 0 Å². The molecule has 0 bridgehead atoms. The number of nitrogens with zero attached hydrogens (tertiary/aromatic N) is 2. The summed E-state index contributed by atoms with van der Waals surface area (Å²) < 4.78 is 40.2. The first-order valence-corrected chi connectivity index (χ1v) is 8.10. The Kier molecular flexibility index (Phi) is 4.19. The molecule has 2 aliphatic rings. The Labute approximate surface area is 131 Å².